The number of benzene rings is 2. The lowest BCUT2D eigenvalue weighted by Crippen LogP contribution is -2.30. The maximum absolute atomic E-state index is 12.3. The molecule has 0 saturated carbocycles. The molecule has 0 bridgehead atoms. The topological polar surface area (TPSA) is 67.4 Å². The van der Waals surface area contributed by atoms with Gasteiger partial charge in [-0.15, -0.1) is 0 Å². The maximum Gasteiger partial charge on any atom is 0.265 e. The number of nitrogens with one attached hydrogen (secondary N) is 2. The summed E-state index contributed by atoms with van der Waals surface area (Å²) < 4.78 is 5.78. The second kappa shape index (κ2) is 8.33. The number of hydrogen-bond acceptors (Lipinski definition) is 3. The van der Waals surface area contributed by atoms with E-state index in [2.05, 4.69) is 10.6 Å². The summed E-state index contributed by atoms with van der Waals surface area (Å²) in [5, 5.41) is 5.58. The maximum atomic E-state index is 12.3. The second-order valence-corrected chi connectivity index (χ2v) is 6.00. The molecule has 2 aromatic carbocycles. The van der Waals surface area contributed by atoms with Crippen LogP contribution in [0.3, 0.4) is 0 Å². The van der Waals surface area contributed by atoms with Gasteiger partial charge in [-0.25, -0.2) is 0 Å². The highest BCUT2D eigenvalue weighted by molar-refractivity contribution is 5.95. The first-order valence-corrected chi connectivity index (χ1v) is 8.33. The van der Waals surface area contributed by atoms with Crippen molar-refractivity contribution in [3.8, 4) is 5.75 Å². The molecule has 0 fully saturated rings. The first-order chi connectivity index (χ1) is 11.9. The molecule has 0 aliphatic rings. The van der Waals surface area contributed by atoms with Crippen molar-refractivity contribution in [2.24, 2.45) is 0 Å². The van der Waals surface area contributed by atoms with Gasteiger partial charge in [0.25, 0.3) is 5.91 Å². The number of carbonyl (C=O) groups is 2. The Kier molecular flexibility index (Phi) is 6.17. The van der Waals surface area contributed by atoms with E-state index in [0.717, 1.165) is 11.1 Å². The van der Waals surface area contributed by atoms with E-state index < -0.39 is 6.10 Å². The molecule has 0 spiro atoms. The number of carbonyl (C=O) groups excluding carboxylic acids is 2. The van der Waals surface area contributed by atoms with Gasteiger partial charge in [-0.1, -0.05) is 19.1 Å². The number of ether oxygens (including phenoxy) is 1. The molecular weight excluding hydrogens is 316 g/mol. The average Bonchev–Trinajstić information content (AvgIpc) is 2.59. The summed E-state index contributed by atoms with van der Waals surface area (Å²) in [5.41, 5.74) is 3.42. The third-order valence-corrected chi connectivity index (χ3v) is 3.77. The zero-order valence-electron chi connectivity index (χ0n) is 15.1. The number of rotatable bonds is 6. The minimum Gasteiger partial charge on any atom is -0.481 e. The molecule has 2 N–H and O–H groups in total. The minimum absolute atomic E-state index is 0.0488. The van der Waals surface area contributed by atoms with Crippen LogP contribution < -0.4 is 15.4 Å². The van der Waals surface area contributed by atoms with Gasteiger partial charge < -0.3 is 15.4 Å². The third-order valence-electron chi connectivity index (χ3n) is 3.77. The van der Waals surface area contributed by atoms with Crippen molar-refractivity contribution >= 4 is 23.2 Å². The Morgan fingerprint density at radius 2 is 1.60 bits per heavy atom. The fraction of sp³-hybridized carbons (Fsp3) is 0.300. The van der Waals surface area contributed by atoms with E-state index in [9.17, 15) is 9.59 Å². The fourth-order valence-electron chi connectivity index (χ4n) is 2.21. The van der Waals surface area contributed by atoms with E-state index in [1.807, 2.05) is 32.0 Å². The van der Waals surface area contributed by atoms with Crippen molar-refractivity contribution < 1.29 is 14.3 Å². The quantitative estimate of drug-likeness (QED) is 0.833. The van der Waals surface area contributed by atoms with E-state index in [4.69, 9.17) is 4.74 Å². The molecule has 2 amide bonds. The number of hydrogen-bond donors (Lipinski definition) is 2. The van der Waals surface area contributed by atoms with E-state index in [0.29, 0.717) is 23.5 Å². The zero-order valence-corrected chi connectivity index (χ0v) is 15.1. The lowest BCUT2D eigenvalue weighted by Gasteiger charge is -2.17. The second-order valence-electron chi connectivity index (χ2n) is 6.00. The van der Waals surface area contributed by atoms with E-state index in [1.54, 1.807) is 38.1 Å². The Labute approximate surface area is 148 Å². The normalized spacial score (nSPS) is 11.5. The Morgan fingerprint density at radius 3 is 2.20 bits per heavy atom. The van der Waals surface area contributed by atoms with Crippen LogP contribution in [-0.2, 0) is 9.59 Å². The molecule has 132 valence electrons. The number of amides is 2. The smallest absolute Gasteiger partial charge is 0.265 e. The van der Waals surface area contributed by atoms with Crippen LogP contribution in [0.4, 0.5) is 11.4 Å². The molecule has 0 radical (unpaired) electrons. The molecule has 2 aromatic rings. The van der Waals surface area contributed by atoms with Gasteiger partial charge in [0, 0.05) is 17.8 Å². The monoisotopic (exact) mass is 340 g/mol. The Balaban J connectivity index is 1.96. The van der Waals surface area contributed by atoms with E-state index in [-0.39, 0.29) is 11.8 Å². The standard InChI is InChI=1S/C20H24N2O3/c1-5-19(23)21-16-8-10-17(11-9-16)22-20(24)15(4)25-18-12-13(2)6-7-14(18)3/h6-12,15H,5H2,1-4H3,(H,21,23)(H,22,24). The molecule has 2 rings (SSSR count). The lowest BCUT2D eigenvalue weighted by atomic mass is 10.1. The van der Waals surface area contributed by atoms with Gasteiger partial charge in [-0.3, -0.25) is 9.59 Å². The van der Waals surface area contributed by atoms with E-state index >= 15 is 0 Å². The molecule has 1 atom stereocenters. The Morgan fingerprint density at radius 1 is 1.00 bits per heavy atom. The van der Waals surface area contributed by atoms with Gasteiger partial charge in [0.05, 0.1) is 0 Å². The molecule has 0 aliphatic carbocycles. The summed E-state index contributed by atoms with van der Waals surface area (Å²) in [6.07, 6.45) is -0.203. The van der Waals surface area contributed by atoms with Crippen LogP contribution in [0.2, 0.25) is 0 Å². The van der Waals surface area contributed by atoms with Crippen LogP contribution in [-0.4, -0.2) is 17.9 Å². The van der Waals surface area contributed by atoms with Gasteiger partial charge in [0.2, 0.25) is 5.91 Å². The molecule has 0 saturated heterocycles. The fourth-order valence-corrected chi connectivity index (χ4v) is 2.21. The highest BCUT2D eigenvalue weighted by Gasteiger charge is 2.16. The van der Waals surface area contributed by atoms with Crippen LogP contribution in [0, 0.1) is 13.8 Å². The minimum atomic E-state index is -0.625. The zero-order chi connectivity index (χ0) is 18.4. The largest absolute Gasteiger partial charge is 0.481 e. The Hall–Kier alpha value is -2.82. The first kappa shape index (κ1) is 18.5. The Bertz CT molecular complexity index is 754. The van der Waals surface area contributed by atoms with Crippen molar-refractivity contribution in [1.82, 2.24) is 0 Å². The van der Waals surface area contributed by atoms with Crippen molar-refractivity contribution in [1.29, 1.82) is 0 Å². The molecule has 5 nitrogen and oxygen atoms in total. The highest BCUT2D eigenvalue weighted by atomic mass is 16.5. The van der Waals surface area contributed by atoms with Gasteiger partial charge in [0.1, 0.15) is 5.75 Å². The van der Waals surface area contributed by atoms with Gasteiger partial charge in [0.15, 0.2) is 6.10 Å². The summed E-state index contributed by atoms with van der Waals surface area (Å²) in [6, 6.07) is 12.9. The number of anilines is 2. The van der Waals surface area contributed by atoms with Crippen LogP contribution in [0.15, 0.2) is 42.5 Å². The van der Waals surface area contributed by atoms with Crippen molar-refractivity contribution in [2.75, 3.05) is 10.6 Å². The average molecular weight is 340 g/mol. The molecule has 5 heteroatoms. The molecule has 0 heterocycles. The van der Waals surface area contributed by atoms with Crippen molar-refractivity contribution in [2.45, 2.75) is 40.2 Å². The molecule has 25 heavy (non-hydrogen) atoms. The summed E-state index contributed by atoms with van der Waals surface area (Å²) >= 11 is 0. The van der Waals surface area contributed by atoms with E-state index in [1.165, 1.54) is 0 Å². The van der Waals surface area contributed by atoms with Crippen LogP contribution in [0.1, 0.15) is 31.4 Å². The third kappa shape index (κ3) is 5.35. The molecular formula is C20H24N2O3. The van der Waals surface area contributed by atoms with Crippen LogP contribution in [0.5, 0.6) is 5.75 Å². The summed E-state index contributed by atoms with van der Waals surface area (Å²) in [7, 11) is 0. The van der Waals surface area contributed by atoms with Crippen LogP contribution >= 0.6 is 0 Å². The summed E-state index contributed by atoms with van der Waals surface area (Å²) in [5.74, 6) is 0.429. The van der Waals surface area contributed by atoms with Gasteiger partial charge >= 0.3 is 0 Å². The van der Waals surface area contributed by atoms with Crippen molar-refractivity contribution in [3.63, 3.8) is 0 Å². The molecule has 1 unspecified atom stereocenters. The molecule has 0 aliphatic heterocycles. The van der Waals surface area contributed by atoms with Gasteiger partial charge in [-0.2, -0.15) is 0 Å². The van der Waals surface area contributed by atoms with Gasteiger partial charge in [-0.05, 0) is 62.2 Å². The first-order valence-electron chi connectivity index (χ1n) is 8.33. The summed E-state index contributed by atoms with van der Waals surface area (Å²) in [6.45, 7) is 7.44. The van der Waals surface area contributed by atoms with Crippen molar-refractivity contribution in [3.05, 3.63) is 53.6 Å². The predicted molar refractivity (Wildman–Crippen MR) is 100.0 cm³/mol. The number of aryl methyl sites for hydroxylation is 2. The SMILES string of the molecule is CCC(=O)Nc1ccc(NC(=O)C(C)Oc2cc(C)ccc2C)cc1. The predicted octanol–water partition coefficient (Wildman–Crippen LogP) is 4.06. The van der Waals surface area contributed by atoms with Crippen LogP contribution in [0.25, 0.3) is 0 Å². The summed E-state index contributed by atoms with van der Waals surface area (Å²) in [4.78, 5) is 23.7. The highest BCUT2D eigenvalue weighted by Crippen LogP contribution is 2.21. The molecule has 0 aromatic heterocycles. The lowest BCUT2D eigenvalue weighted by molar-refractivity contribution is -0.122.